The number of hydrogen-bond donors (Lipinski definition) is 1. The van der Waals surface area contributed by atoms with Crippen LogP contribution in [-0.2, 0) is 20.9 Å². The molecule has 1 aromatic heterocycles. The maximum absolute atomic E-state index is 12.5. The van der Waals surface area contributed by atoms with E-state index in [-0.39, 0.29) is 36.0 Å². The highest BCUT2D eigenvalue weighted by Gasteiger charge is 2.38. The van der Waals surface area contributed by atoms with Crippen LogP contribution in [0.5, 0.6) is 5.75 Å². The quantitative estimate of drug-likeness (QED) is 0.643. The molecule has 2 heterocycles. The molecule has 8 heteroatoms. The van der Waals surface area contributed by atoms with Crippen molar-refractivity contribution >= 4 is 21.9 Å². The van der Waals surface area contributed by atoms with E-state index in [1.807, 2.05) is 30.3 Å². The number of rotatable bonds is 6. The van der Waals surface area contributed by atoms with Gasteiger partial charge in [0.05, 0.1) is 22.6 Å². The summed E-state index contributed by atoms with van der Waals surface area (Å²) >= 11 is 3.42. The van der Waals surface area contributed by atoms with Gasteiger partial charge < -0.3 is 24.4 Å². The molecule has 1 aliphatic rings. The molecule has 150 valence electrons. The summed E-state index contributed by atoms with van der Waals surface area (Å²) in [6, 6.07) is 12.9. The number of halogens is 1. The number of ether oxygens (including phenoxy) is 3. The van der Waals surface area contributed by atoms with Crippen LogP contribution in [0.2, 0.25) is 0 Å². The number of benzene rings is 1. The first-order valence-corrected chi connectivity index (χ1v) is 9.67. The number of para-hydroxylation sites is 1. The summed E-state index contributed by atoms with van der Waals surface area (Å²) in [5.41, 5.74) is 6.15. The number of allylic oxidation sites excluding steroid dienone is 2. The largest absolute Gasteiger partial charge is 0.484 e. The Labute approximate surface area is 176 Å². The van der Waals surface area contributed by atoms with E-state index in [0.717, 1.165) is 4.47 Å². The second-order valence-electron chi connectivity index (χ2n) is 6.14. The number of esters is 1. The predicted octanol–water partition coefficient (Wildman–Crippen LogP) is 4.27. The van der Waals surface area contributed by atoms with Gasteiger partial charge in [0.2, 0.25) is 5.88 Å². The summed E-state index contributed by atoms with van der Waals surface area (Å²) in [5.74, 6) is 0.377. The van der Waals surface area contributed by atoms with Gasteiger partial charge in [0.25, 0.3) is 0 Å². The smallest absolute Gasteiger partial charge is 0.338 e. The molecule has 0 amide bonds. The van der Waals surface area contributed by atoms with Crippen LogP contribution in [0.15, 0.2) is 68.1 Å². The van der Waals surface area contributed by atoms with Gasteiger partial charge in [-0.05, 0) is 54.0 Å². The van der Waals surface area contributed by atoms with Crippen molar-refractivity contribution in [1.82, 2.24) is 0 Å². The number of carbonyl (C=O) groups excluding carboxylic acids is 1. The second-order valence-corrected chi connectivity index (χ2v) is 6.99. The average Bonchev–Trinajstić information content (AvgIpc) is 3.15. The topological polar surface area (TPSA) is 108 Å². The molecule has 1 atom stereocenters. The molecular weight excluding hydrogens is 440 g/mol. The van der Waals surface area contributed by atoms with Crippen molar-refractivity contribution in [2.45, 2.75) is 26.4 Å². The third kappa shape index (κ3) is 4.30. The van der Waals surface area contributed by atoms with E-state index in [4.69, 9.17) is 24.4 Å². The third-order valence-corrected chi connectivity index (χ3v) is 4.93. The summed E-state index contributed by atoms with van der Waals surface area (Å²) in [6.45, 7) is 3.66. The van der Waals surface area contributed by atoms with E-state index >= 15 is 0 Å². The molecule has 0 spiro atoms. The van der Waals surface area contributed by atoms with Gasteiger partial charge in [-0.15, -0.1) is 0 Å². The van der Waals surface area contributed by atoms with E-state index in [2.05, 4.69) is 15.9 Å². The van der Waals surface area contributed by atoms with Crippen LogP contribution in [0.25, 0.3) is 0 Å². The Morgan fingerprint density at radius 2 is 2.07 bits per heavy atom. The zero-order chi connectivity index (χ0) is 21.0. The van der Waals surface area contributed by atoms with Gasteiger partial charge in [-0.3, -0.25) is 0 Å². The molecule has 0 radical (unpaired) electrons. The second kappa shape index (κ2) is 8.88. The summed E-state index contributed by atoms with van der Waals surface area (Å²) in [4.78, 5) is 12.5. The van der Waals surface area contributed by atoms with Gasteiger partial charge in [0.15, 0.2) is 0 Å². The SMILES string of the molecule is CCOC(=O)C1=C(C)OC(N)=C(C#N)[C@H]1c1ccc(COc2ccccc2Br)o1. The molecule has 29 heavy (non-hydrogen) atoms. The lowest BCUT2D eigenvalue weighted by molar-refractivity contribution is -0.139. The first-order chi connectivity index (χ1) is 14.0. The molecule has 2 N–H and O–H groups in total. The maximum Gasteiger partial charge on any atom is 0.338 e. The molecule has 0 saturated heterocycles. The molecule has 1 aromatic carbocycles. The van der Waals surface area contributed by atoms with Crippen molar-refractivity contribution in [3.05, 3.63) is 75.2 Å². The molecule has 2 aromatic rings. The minimum absolute atomic E-state index is 0.0644. The highest BCUT2D eigenvalue weighted by atomic mass is 79.9. The molecule has 3 rings (SSSR count). The van der Waals surface area contributed by atoms with Crippen molar-refractivity contribution in [3.63, 3.8) is 0 Å². The Balaban J connectivity index is 1.90. The van der Waals surface area contributed by atoms with Crippen LogP contribution in [-0.4, -0.2) is 12.6 Å². The highest BCUT2D eigenvalue weighted by Crippen LogP contribution is 2.40. The fourth-order valence-corrected chi connectivity index (χ4v) is 3.38. The lowest BCUT2D eigenvalue weighted by Gasteiger charge is -2.25. The fraction of sp³-hybridized carbons (Fsp3) is 0.238. The molecule has 7 nitrogen and oxygen atoms in total. The maximum atomic E-state index is 12.5. The molecule has 0 saturated carbocycles. The van der Waals surface area contributed by atoms with Crippen molar-refractivity contribution in [2.24, 2.45) is 5.73 Å². The number of nitriles is 1. The van der Waals surface area contributed by atoms with Crippen LogP contribution in [0, 0.1) is 11.3 Å². The first kappa shape index (κ1) is 20.6. The normalized spacial score (nSPS) is 16.3. The fourth-order valence-electron chi connectivity index (χ4n) is 2.98. The van der Waals surface area contributed by atoms with Gasteiger partial charge in [0, 0.05) is 0 Å². The van der Waals surface area contributed by atoms with E-state index in [1.165, 1.54) is 0 Å². The number of carbonyl (C=O) groups is 1. The van der Waals surface area contributed by atoms with Crippen molar-refractivity contribution in [3.8, 4) is 11.8 Å². The number of nitrogens with two attached hydrogens (primary N) is 1. The van der Waals surface area contributed by atoms with Gasteiger partial charge in [-0.1, -0.05) is 12.1 Å². The third-order valence-electron chi connectivity index (χ3n) is 4.27. The summed E-state index contributed by atoms with van der Waals surface area (Å²) in [6.07, 6.45) is 0. The van der Waals surface area contributed by atoms with Gasteiger partial charge in [-0.25, -0.2) is 4.79 Å². The predicted molar refractivity (Wildman–Crippen MR) is 107 cm³/mol. The van der Waals surface area contributed by atoms with E-state index in [1.54, 1.807) is 26.0 Å². The minimum Gasteiger partial charge on any atom is -0.484 e. The standard InChI is InChI=1S/C21H19BrN2O5/c1-3-26-21(25)18-12(2)28-20(24)14(10-23)19(18)17-9-8-13(29-17)11-27-16-7-5-4-6-15(16)22/h4-9,19H,3,11,24H2,1-2H3/t19-/m0/s1. The van der Waals surface area contributed by atoms with Crippen molar-refractivity contribution in [1.29, 1.82) is 5.26 Å². The summed E-state index contributed by atoms with van der Waals surface area (Å²) < 4.78 is 23.0. The van der Waals surface area contributed by atoms with E-state index in [9.17, 15) is 10.1 Å². The molecule has 1 aliphatic heterocycles. The Hall–Kier alpha value is -3.18. The zero-order valence-electron chi connectivity index (χ0n) is 15.9. The summed E-state index contributed by atoms with van der Waals surface area (Å²) in [5, 5.41) is 9.58. The average molecular weight is 459 g/mol. The molecule has 0 bridgehead atoms. The van der Waals surface area contributed by atoms with Gasteiger partial charge >= 0.3 is 5.97 Å². The lowest BCUT2D eigenvalue weighted by atomic mass is 9.87. The molecule has 0 aliphatic carbocycles. The highest BCUT2D eigenvalue weighted by molar-refractivity contribution is 9.10. The monoisotopic (exact) mass is 458 g/mol. The zero-order valence-corrected chi connectivity index (χ0v) is 17.5. The van der Waals surface area contributed by atoms with Crippen LogP contribution < -0.4 is 10.5 Å². The molecule has 0 unspecified atom stereocenters. The molecule has 0 fully saturated rings. The Kier molecular flexibility index (Phi) is 6.29. The Morgan fingerprint density at radius 1 is 1.31 bits per heavy atom. The van der Waals surface area contributed by atoms with Crippen LogP contribution in [0.1, 0.15) is 31.3 Å². The van der Waals surface area contributed by atoms with Crippen LogP contribution >= 0.6 is 15.9 Å². The van der Waals surface area contributed by atoms with E-state index in [0.29, 0.717) is 17.3 Å². The van der Waals surface area contributed by atoms with Crippen LogP contribution in [0.4, 0.5) is 0 Å². The Bertz CT molecular complexity index is 1030. The van der Waals surface area contributed by atoms with Crippen LogP contribution in [0.3, 0.4) is 0 Å². The Morgan fingerprint density at radius 3 is 2.76 bits per heavy atom. The molecular formula is C21H19BrN2O5. The number of nitrogens with zero attached hydrogens (tertiary/aromatic N) is 1. The van der Waals surface area contributed by atoms with E-state index < -0.39 is 11.9 Å². The van der Waals surface area contributed by atoms with Gasteiger partial charge in [-0.2, -0.15) is 5.26 Å². The minimum atomic E-state index is -0.815. The summed E-state index contributed by atoms with van der Waals surface area (Å²) in [7, 11) is 0. The van der Waals surface area contributed by atoms with Crippen molar-refractivity contribution in [2.75, 3.05) is 6.61 Å². The first-order valence-electron chi connectivity index (χ1n) is 8.87. The number of furan rings is 1. The van der Waals surface area contributed by atoms with Crippen molar-refractivity contribution < 1.29 is 23.4 Å². The van der Waals surface area contributed by atoms with Gasteiger partial charge in [0.1, 0.15) is 41.3 Å². The number of hydrogen-bond acceptors (Lipinski definition) is 7. The lowest BCUT2D eigenvalue weighted by Crippen LogP contribution is -2.25.